The average molecular weight is 286 g/mol. The molecule has 0 atom stereocenters. The molecule has 0 amide bonds. The van der Waals surface area contributed by atoms with Crippen molar-refractivity contribution in [3.05, 3.63) is 36.0 Å². The van der Waals surface area contributed by atoms with Crippen molar-refractivity contribution in [2.45, 2.75) is 40.2 Å². The third-order valence-corrected chi connectivity index (χ3v) is 3.35. The summed E-state index contributed by atoms with van der Waals surface area (Å²) in [6, 6.07) is 10.4. The Balaban J connectivity index is 2.17. The number of ether oxygens (including phenoxy) is 1. The van der Waals surface area contributed by atoms with Crippen LogP contribution < -0.4 is 10.1 Å². The quantitative estimate of drug-likeness (QED) is 0.740. The van der Waals surface area contributed by atoms with Crippen LogP contribution in [0.5, 0.6) is 5.88 Å². The predicted octanol–water partition coefficient (Wildman–Crippen LogP) is 4.16. The Morgan fingerprint density at radius 2 is 2.05 bits per heavy atom. The van der Waals surface area contributed by atoms with Gasteiger partial charge in [0.05, 0.1) is 12.3 Å². The lowest BCUT2D eigenvalue weighted by atomic mass is 10.1. The fourth-order valence-corrected chi connectivity index (χ4v) is 2.22. The first-order valence-corrected chi connectivity index (χ1v) is 7.93. The Hall–Kier alpha value is -1.61. The number of fused-ring (bicyclic) bond motifs is 1. The topological polar surface area (TPSA) is 34.1 Å². The number of nitrogens with zero attached hydrogens (tertiary/aromatic N) is 1. The van der Waals surface area contributed by atoms with E-state index in [2.05, 4.69) is 55.3 Å². The van der Waals surface area contributed by atoms with Crippen LogP contribution in [0.1, 0.15) is 39.3 Å². The number of hydrogen-bond donors (Lipinski definition) is 1. The second kappa shape index (κ2) is 7.99. The van der Waals surface area contributed by atoms with E-state index >= 15 is 0 Å². The van der Waals surface area contributed by atoms with Crippen LogP contribution in [0.3, 0.4) is 0 Å². The lowest BCUT2D eigenvalue weighted by Crippen LogP contribution is -2.19. The molecule has 0 aliphatic carbocycles. The SMILES string of the molecule is CCCCOc1nc(CNCC(C)C)cc2ccccc12. The molecular weight excluding hydrogens is 260 g/mol. The van der Waals surface area contributed by atoms with Gasteiger partial charge in [0.15, 0.2) is 0 Å². The summed E-state index contributed by atoms with van der Waals surface area (Å²) in [6.07, 6.45) is 2.19. The highest BCUT2D eigenvalue weighted by atomic mass is 16.5. The van der Waals surface area contributed by atoms with Crippen molar-refractivity contribution < 1.29 is 4.74 Å². The zero-order valence-corrected chi connectivity index (χ0v) is 13.4. The zero-order chi connectivity index (χ0) is 15.1. The van der Waals surface area contributed by atoms with E-state index in [0.717, 1.165) is 49.5 Å². The molecule has 0 saturated heterocycles. The lowest BCUT2D eigenvalue weighted by Gasteiger charge is -2.12. The van der Waals surface area contributed by atoms with Crippen LogP contribution in [0, 0.1) is 5.92 Å². The van der Waals surface area contributed by atoms with Crippen molar-refractivity contribution in [1.82, 2.24) is 10.3 Å². The molecule has 3 nitrogen and oxygen atoms in total. The zero-order valence-electron chi connectivity index (χ0n) is 13.4. The first-order chi connectivity index (χ1) is 10.2. The molecular formula is C18H26N2O. The van der Waals surface area contributed by atoms with E-state index in [1.165, 1.54) is 5.39 Å². The monoisotopic (exact) mass is 286 g/mol. The Labute approximate surface area is 127 Å². The van der Waals surface area contributed by atoms with Gasteiger partial charge >= 0.3 is 0 Å². The van der Waals surface area contributed by atoms with Gasteiger partial charge in [0.2, 0.25) is 5.88 Å². The molecule has 114 valence electrons. The molecule has 0 radical (unpaired) electrons. The number of nitrogens with one attached hydrogen (secondary N) is 1. The largest absolute Gasteiger partial charge is 0.477 e. The molecule has 0 aliphatic rings. The first kappa shape index (κ1) is 15.8. The molecule has 0 spiro atoms. The number of pyridine rings is 1. The van der Waals surface area contributed by atoms with E-state index in [1.54, 1.807) is 0 Å². The summed E-state index contributed by atoms with van der Waals surface area (Å²) in [6.45, 7) is 9.10. The fourth-order valence-electron chi connectivity index (χ4n) is 2.22. The standard InChI is InChI=1S/C18H26N2O/c1-4-5-10-21-18-17-9-7-6-8-15(17)11-16(20-18)13-19-12-14(2)3/h6-9,11,14,19H,4-5,10,12-13H2,1-3H3. The molecule has 0 fully saturated rings. The molecule has 3 heteroatoms. The number of hydrogen-bond acceptors (Lipinski definition) is 3. The Bertz CT molecular complexity index is 566. The van der Waals surface area contributed by atoms with Crippen LogP contribution >= 0.6 is 0 Å². The molecule has 2 rings (SSSR count). The van der Waals surface area contributed by atoms with Gasteiger partial charge in [-0.1, -0.05) is 45.4 Å². The smallest absolute Gasteiger partial charge is 0.221 e. The maximum atomic E-state index is 5.89. The van der Waals surface area contributed by atoms with Crippen LogP contribution in [0.4, 0.5) is 0 Å². The van der Waals surface area contributed by atoms with Gasteiger partial charge in [-0.05, 0) is 36.4 Å². The minimum Gasteiger partial charge on any atom is -0.477 e. The Morgan fingerprint density at radius 3 is 2.81 bits per heavy atom. The summed E-state index contributed by atoms with van der Waals surface area (Å²) in [5, 5.41) is 5.74. The number of unbranched alkanes of at least 4 members (excludes halogenated alkanes) is 1. The maximum Gasteiger partial charge on any atom is 0.221 e. The van der Waals surface area contributed by atoms with Crippen molar-refractivity contribution in [3.8, 4) is 5.88 Å². The second-order valence-corrected chi connectivity index (χ2v) is 5.87. The molecule has 1 aromatic heterocycles. The summed E-state index contributed by atoms with van der Waals surface area (Å²) in [5.74, 6) is 1.41. The van der Waals surface area contributed by atoms with E-state index in [-0.39, 0.29) is 0 Å². The molecule has 1 aromatic carbocycles. The second-order valence-electron chi connectivity index (χ2n) is 5.87. The molecule has 0 aliphatic heterocycles. The number of benzene rings is 1. The normalized spacial score (nSPS) is 11.2. The molecule has 21 heavy (non-hydrogen) atoms. The van der Waals surface area contributed by atoms with E-state index in [1.807, 2.05) is 6.07 Å². The highest BCUT2D eigenvalue weighted by Crippen LogP contribution is 2.24. The predicted molar refractivity (Wildman–Crippen MR) is 88.7 cm³/mol. The van der Waals surface area contributed by atoms with Gasteiger partial charge in [-0.3, -0.25) is 0 Å². The van der Waals surface area contributed by atoms with E-state index in [0.29, 0.717) is 5.92 Å². The van der Waals surface area contributed by atoms with Gasteiger partial charge in [0.1, 0.15) is 0 Å². The summed E-state index contributed by atoms with van der Waals surface area (Å²) in [4.78, 5) is 4.68. The minimum atomic E-state index is 0.644. The Kier molecular flexibility index (Phi) is 6.00. The molecule has 1 N–H and O–H groups in total. The number of rotatable bonds is 8. The Morgan fingerprint density at radius 1 is 1.24 bits per heavy atom. The van der Waals surface area contributed by atoms with Crippen LogP contribution in [-0.2, 0) is 6.54 Å². The fraction of sp³-hybridized carbons (Fsp3) is 0.500. The first-order valence-electron chi connectivity index (χ1n) is 7.93. The molecule has 0 saturated carbocycles. The van der Waals surface area contributed by atoms with Gasteiger partial charge in [0.25, 0.3) is 0 Å². The molecule has 2 aromatic rings. The van der Waals surface area contributed by atoms with Gasteiger partial charge in [-0.2, -0.15) is 0 Å². The van der Waals surface area contributed by atoms with Crippen molar-refractivity contribution >= 4 is 10.8 Å². The van der Waals surface area contributed by atoms with Crippen LogP contribution in [0.15, 0.2) is 30.3 Å². The summed E-state index contributed by atoms with van der Waals surface area (Å²) in [5.41, 5.74) is 1.04. The summed E-state index contributed by atoms with van der Waals surface area (Å²) in [7, 11) is 0. The van der Waals surface area contributed by atoms with Crippen molar-refractivity contribution in [2.75, 3.05) is 13.2 Å². The average Bonchev–Trinajstić information content (AvgIpc) is 2.47. The van der Waals surface area contributed by atoms with Gasteiger partial charge in [-0.25, -0.2) is 4.98 Å². The third kappa shape index (κ3) is 4.71. The highest BCUT2D eigenvalue weighted by molar-refractivity contribution is 5.87. The van der Waals surface area contributed by atoms with Crippen molar-refractivity contribution in [1.29, 1.82) is 0 Å². The summed E-state index contributed by atoms with van der Waals surface area (Å²) >= 11 is 0. The van der Waals surface area contributed by atoms with Gasteiger partial charge in [0, 0.05) is 11.9 Å². The molecule has 0 bridgehead atoms. The van der Waals surface area contributed by atoms with E-state index in [4.69, 9.17) is 4.74 Å². The molecule has 1 heterocycles. The van der Waals surface area contributed by atoms with Gasteiger partial charge in [-0.15, -0.1) is 0 Å². The summed E-state index contributed by atoms with van der Waals surface area (Å²) < 4.78 is 5.89. The third-order valence-electron chi connectivity index (χ3n) is 3.35. The van der Waals surface area contributed by atoms with Crippen molar-refractivity contribution in [2.24, 2.45) is 5.92 Å². The van der Waals surface area contributed by atoms with Crippen LogP contribution in [0.25, 0.3) is 10.8 Å². The van der Waals surface area contributed by atoms with Crippen LogP contribution in [-0.4, -0.2) is 18.1 Å². The maximum absolute atomic E-state index is 5.89. The van der Waals surface area contributed by atoms with E-state index in [9.17, 15) is 0 Å². The lowest BCUT2D eigenvalue weighted by molar-refractivity contribution is 0.300. The molecule has 0 unspecified atom stereocenters. The van der Waals surface area contributed by atoms with E-state index < -0.39 is 0 Å². The van der Waals surface area contributed by atoms with Crippen molar-refractivity contribution in [3.63, 3.8) is 0 Å². The highest BCUT2D eigenvalue weighted by Gasteiger charge is 2.07. The van der Waals surface area contributed by atoms with Crippen LogP contribution in [0.2, 0.25) is 0 Å². The number of aromatic nitrogens is 1. The minimum absolute atomic E-state index is 0.644. The van der Waals surface area contributed by atoms with Gasteiger partial charge < -0.3 is 10.1 Å².